The van der Waals surface area contributed by atoms with Crippen LogP contribution in [0.3, 0.4) is 0 Å². The number of nitrogens with one attached hydrogen (secondary N) is 1. The summed E-state index contributed by atoms with van der Waals surface area (Å²) in [5.74, 6) is 0.646. The molecule has 0 unspecified atom stereocenters. The molecule has 0 bridgehead atoms. The Morgan fingerprint density at radius 3 is 2.96 bits per heavy atom. The SMILES string of the molecule is C[C@@H](C(=O)NCCc1ccccc1)N1CCC[C@H](Cn2cncn2)C1. The summed E-state index contributed by atoms with van der Waals surface area (Å²) in [5.41, 5.74) is 1.25. The molecule has 1 N–H and O–H groups in total. The molecule has 3 rings (SSSR count). The highest BCUT2D eigenvalue weighted by atomic mass is 16.2. The first kappa shape index (κ1) is 17.6. The van der Waals surface area contributed by atoms with Crippen LogP contribution in [0.2, 0.25) is 0 Å². The first-order chi connectivity index (χ1) is 12.2. The molecule has 1 fully saturated rings. The third kappa shape index (κ3) is 5.13. The molecule has 0 aliphatic carbocycles. The smallest absolute Gasteiger partial charge is 0.237 e. The highest BCUT2D eigenvalue weighted by molar-refractivity contribution is 5.81. The molecule has 1 aliphatic rings. The van der Waals surface area contributed by atoms with Gasteiger partial charge in [0.25, 0.3) is 0 Å². The number of nitrogens with zero attached hydrogens (tertiary/aromatic N) is 4. The molecule has 1 amide bonds. The lowest BCUT2D eigenvalue weighted by Gasteiger charge is -2.36. The predicted molar refractivity (Wildman–Crippen MR) is 96.9 cm³/mol. The van der Waals surface area contributed by atoms with Gasteiger partial charge in [0.05, 0.1) is 6.04 Å². The minimum Gasteiger partial charge on any atom is -0.354 e. The number of likely N-dealkylation sites (tertiary alicyclic amines) is 1. The maximum Gasteiger partial charge on any atom is 0.237 e. The van der Waals surface area contributed by atoms with E-state index >= 15 is 0 Å². The van der Waals surface area contributed by atoms with Crippen LogP contribution >= 0.6 is 0 Å². The van der Waals surface area contributed by atoms with E-state index in [4.69, 9.17) is 0 Å². The van der Waals surface area contributed by atoms with Gasteiger partial charge in [-0.05, 0) is 44.2 Å². The van der Waals surface area contributed by atoms with Crippen LogP contribution < -0.4 is 5.32 Å². The molecule has 0 saturated carbocycles. The number of benzene rings is 1. The van der Waals surface area contributed by atoms with E-state index in [0.717, 1.165) is 32.5 Å². The second-order valence-electron chi connectivity index (χ2n) is 6.82. The van der Waals surface area contributed by atoms with Gasteiger partial charge in [0.15, 0.2) is 0 Å². The van der Waals surface area contributed by atoms with Crippen LogP contribution in [0.15, 0.2) is 43.0 Å². The Morgan fingerprint density at radius 2 is 2.20 bits per heavy atom. The zero-order chi connectivity index (χ0) is 17.5. The fraction of sp³-hybridized carbons (Fsp3) is 0.526. The lowest BCUT2D eigenvalue weighted by atomic mass is 9.96. The molecule has 1 aromatic heterocycles. The average Bonchev–Trinajstić information content (AvgIpc) is 3.15. The Morgan fingerprint density at radius 1 is 1.36 bits per heavy atom. The van der Waals surface area contributed by atoms with Gasteiger partial charge in [-0.2, -0.15) is 5.10 Å². The molecule has 2 aromatic rings. The maximum atomic E-state index is 12.5. The number of hydrogen-bond acceptors (Lipinski definition) is 4. The molecule has 1 aliphatic heterocycles. The molecule has 1 saturated heterocycles. The van der Waals surface area contributed by atoms with Crippen molar-refractivity contribution in [1.29, 1.82) is 0 Å². The van der Waals surface area contributed by atoms with Gasteiger partial charge >= 0.3 is 0 Å². The molecular weight excluding hydrogens is 314 g/mol. The van der Waals surface area contributed by atoms with Crippen LogP contribution in [-0.2, 0) is 17.8 Å². The van der Waals surface area contributed by atoms with E-state index in [2.05, 4.69) is 32.4 Å². The number of carbonyl (C=O) groups excluding carboxylic acids is 1. The molecule has 2 atom stereocenters. The molecular formula is C19H27N5O. The zero-order valence-electron chi connectivity index (χ0n) is 14.8. The fourth-order valence-electron chi connectivity index (χ4n) is 3.48. The summed E-state index contributed by atoms with van der Waals surface area (Å²) in [6.45, 7) is 5.49. The van der Waals surface area contributed by atoms with Gasteiger partial charge in [-0.25, -0.2) is 4.98 Å². The number of aromatic nitrogens is 3. The first-order valence-electron chi connectivity index (χ1n) is 9.10. The van der Waals surface area contributed by atoms with E-state index in [-0.39, 0.29) is 11.9 Å². The third-order valence-electron chi connectivity index (χ3n) is 4.95. The Hall–Kier alpha value is -2.21. The summed E-state index contributed by atoms with van der Waals surface area (Å²) in [6.07, 6.45) is 6.51. The second-order valence-corrected chi connectivity index (χ2v) is 6.82. The van der Waals surface area contributed by atoms with Crippen LogP contribution in [-0.4, -0.2) is 51.2 Å². The van der Waals surface area contributed by atoms with Gasteiger partial charge in [0, 0.05) is 19.6 Å². The van der Waals surface area contributed by atoms with E-state index in [9.17, 15) is 4.79 Å². The molecule has 6 nitrogen and oxygen atoms in total. The molecule has 134 valence electrons. The standard InChI is InChI=1S/C19H27N5O/c1-16(19(25)21-10-9-17-6-3-2-4-7-17)23-11-5-8-18(12-23)13-24-15-20-14-22-24/h2-4,6-7,14-16,18H,5,8-13H2,1H3,(H,21,25)/t16-,18-/m0/s1. The quantitative estimate of drug-likeness (QED) is 0.833. The summed E-state index contributed by atoms with van der Waals surface area (Å²) >= 11 is 0. The van der Waals surface area contributed by atoms with Crippen LogP contribution in [0.5, 0.6) is 0 Å². The lowest BCUT2D eigenvalue weighted by Crippen LogP contribution is -2.49. The van der Waals surface area contributed by atoms with Crippen molar-refractivity contribution in [3.05, 3.63) is 48.5 Å². The van der Waals surface area contributed by atoms with Crippen LogP contribution in [0.1, 0.15) is 25.3 Å². The first-order valence-corrected chi connectivity index (χ1v) is 9.10. The Bertz CT molecular complexity index is 643. The Kier molecular flexibility index (Phi) is 6.17. The predicted octanol–water partition coefficient (Wildman–Crippen LogP) is 1.74. The third-order valence-corrected chi connectivity index (χ3v) is 4.95. The van der Waals surface area contributed by atoms with Crippen LogP contribution in [0.25, 0.3) is 0 Å². The van der Waals surface area contributed by atoms with Crippen molar-refractivity contribution in [2.24, 2.45) is 5.92 Å². The van der Waals surface area contributed by atoms with Gasteiger partial charge in [-0.1, -0.05) is 30.3 Å². The number of hydrogen-bond donors (Lipinski definition) is 1. The highest BCUT2D eigenvalue weighted by Crippen LogP contribution is 2.20. The Labute approximate surface area is 149 Å². The monoisotopic (exact) mass is 341 g/mol. The van der Waals surface area contributed by atoms with Crippen molar-refractivity contribution in [2.45, 2.75) is 38.8 Å². The second kappa shape index (κ2) is 8.76. The van der Waals surface area contributed by atoms with Gasteiger partial charge < -0.3 is 5.32 Å². The molecule has 25 heavy (non-hydrogen) atoms. The van der Waals surface area contributed by atoms with Crippen molar-refractivity contribution in [3.8, 4) is 0 Å². The molecule has 2 heterocycles. The van der Waals surface area contributed by atoms with E-state index in [0.29, 0.717) is 12.5 Å². The van der Waals surface area contributed by atoms with Crippen LogP contribution in [0.4, 0.5) is 0 Å². The van der Waals surface area contributed by atoms with E-state index < -0.39 is 0 Å². The highest BCUT2D eigenvalue weighted by Gasteiger charge is 2.27. The van der Waals surface area contributed by atoms with Gasteiger partial charge in [-0.15, -0.1) is 0 Å². The summed E-state index contributed by atoms with van der Waals surface area (Å²) in [7, 11) is 0. The molecule has 6 heteroatoms. The minimum atomic E-state index is -0.0886. The minimum absolute atomic E-state index is 0.0886. The summed E-state index contributed by atoms with van der Waals surface area (Å²) in [6, 6.07) is 10.2. The number of carbonyl (C=O) groups is 1. The van der Waals surface area contributed by atoms with E-state index in [1.54, 1.807) is 12.7 Å². The summed E-state index contributed by atoms with van der Waals surface area (Å²) in [5, 5.41) is 7.27. The normalized spacial score (nSPS) is 19.5. The molecule has 0 radical (unpaired) electrons. The molecule has 1 aromatic carbocycles. The van der Waals surface area contributed by atoms with Gasteiger partial charge in [-0.3, -0.25) is 14.4 Å². The van der Waals surface area contributed by atoms with Crippen molar-refractivity contribution in [2.75, 3.05) is 19.6 Å². The average molecular weight is 341 g/mol. The van der Waals surface area contributed by atoms with Crippen molar-refractivity contribution in [3.63, 3.8) is 0 Å². The zero-order valence-corrected chi connectivity index (χ0v) is 14.8. The summed E-state index contributed by atoms with van der Waals surface area (Å²) < 4.78 is 1.89. The van der Waals surface area contributed by atoms with Gasteiger partial charge in [0.2, 0.25) is 5.91 Å². The number of piperidine rings is 1. The topological polar surface area (TPSA) is 63.1 Å². The summed E-state index contributed by atoms with van der Waals surface area (Å²) in [4.78, 5) is 18.8. The fourth-order valence-corrected chi connectivity index (χ4v) is 3.48. The van der Waals surface area contributed by atoms with E-state index in [1.165, 1.54) is 12.0 Å². The lowest BCUT2D eigenvalue weighted by molar-refractivity contribution is -0.126. The van der Waals surface area contributed by atoms with Crippen LogP contribution in [0, 0.1) is 5.92 Å². The largest absolute Gasteiger partial charge is 0.354 e. The van der Waals surface area contributed by atoms with Crippen molar-refractivity contribution >= 4 is 5.91 Å². The number of rotatable bonds is 7. The number of amides is 1. The Balaban J connectivity index is 1.44. The van der Waals surface area contributed by atoms with E-state index in [1.807, 2.05) is 29.8 Å². The maximum absolute atomic E-state index is 12.5. The molecule has 0 spiro atoms. The van der Waals surface area contributed by atoms with Crippen molar-refractivity contribution in [1.82, 2.24) is 25.0 Å². The van der Waals surface area contributed by atoms with Gasteiger partial charge in [0.1, 0.15) is 12.7 Å². The van der Waals surface area contributed by atoms with Crippen molar-refractivity contribution < 1.29 is 4.79 Å².